The van der Waals surface area contributed by atoms with E-state index in [0.717, 1.165) is 11.3 Å². The molecule has 2 heterocycles. The van der Waals surface area contributed by atoms with Crippen molar-refractivity contribution in [3.63, 3.8) is 0 Å². The van der Waals surface area contributed by atoms with Crippen LogP contribution in [0.5, 0.6) is 0 Å². The molecule has 2 rings (SSSR count). The Balaban J connectivity index is 1.94. The zero-order valence-electron chi connectivity index (χ0n) is 11.3. The molecule has 2 N–H and O–H groups in total. The van der Waals surface area contributed by atoms with Crippen LogP contribution in [-0.4, -0.2) is 60.0 Å². The Hall–Kier alpha value is -1.68. The summed E-state index contributed by atoms with van der Waals surface area (Å²) in [5, 5.41) is 13.4. The Morgan fingerprint density at radius 3 is 2.57 bits per heavy atom. The second-order valence-corrected chi connectivity index (χ2v) is 7.88. The van der Waals surface area contributed by atoms with E-state index in [1.807, 2.05) is 0 Å². The van der Waals surface area contributed by atoms with Gasteiger partial charge in [0.15, 0.2) is 15.5 Å². The molecule has 8 nitrogen and oxygen atoms in total. The van der Waals surface area contributed by atoms with Crippen molar-refractivity contribution in [3.05, 3.63) is 16.1 Å². The van der Waals surface area contributed by atoms with Crippen molar-refractivity contribution in [2.75, 3.05) is 24.6 Å². The van der Waals surface area contributed by atoms with Crippen LogP contribution in [0.15, 0.2) is 5.38 Å². The number of carboxylic acids is 1. The number of urea groups is 1. The third kappa shape index (κ3) is 3.91. The van der Waals surface area contributed by atoms with E-state index >= 15 is 0 Å². The van der Waals surface area contributed by atoms with Crippen molar-refractivity contribution in [1.29, 1.82) is 0 Å². The Morgan fingerprint density at radius 2 is 2.05 bits per heavy atom. The average molecular weight is 333 g/mol. The molecule has 1 saturated heterocycles. The van der Waals surface area contributed by atoms with Crippen LogP contribution in [0.3, 0.4) is 0 Å². The molecular weight excluding hydrogens is 318 g/mol. The van der Waals surface area contributed by atoms with Gasteiger partial charge in [0.05, 0.1) is 17.5 Å². The molecule has 0 radical (unpaired) electrons. The van der Waals surface area contributed by atoms with Gasteiger partial charge in [-0.05, 0) is 6.92 Å². The van der Waals surface area contributed by atoms with Gasteiger partial charge in [-0.15, -0.1) is 11.3 Å². The van der Waals surface area contributed by atoms with Gasteiger partial charge in [-0.25, -0.2) is 23.0 Å². The molecule has 0 aromatic carbocycles. The molecule has 1 aromatic heterocycles. The predicted octanol–water partition coefficient (Wildman–Crippen LogP) is 0.342. The second-order valence-electron chi connectivity index (χ2n) is 4.69. The van der Waals surface area contributed by atoms with E-state index in [1.54, 1.807) is 6.92 Å². The lowest BCUT2D eigenvalue weighted by molar-refractivity contribution is 0.0691. The minimum absolute atomic E-state index is 0.0325. The maximum absolute atomic E-state index is 12.0. The molecule has 1 aliphatic rings. The standard InChI is InChI=1S/C11H15N3O5S2/c1-7(9-13-8(6-20-9)10(15)16)12-11(17)14-2-4-21(18,19)5-3-14/h6-7H,2-5H2,1H3,(H,12,17)(H,15,16). The summed E-state index contributed by atoms with van der Waals surface area (Å²) in [6.45, 7) is 2.03. The number of sulfone groups is 1. The topological polar surface area (TPSA) is 117 Å². The van der Waals surface area contributed by atoms with Crippen LogP contribution in [-0.2, 0) is 9.84 Å². The Morgan fingerprint density at radius 1 is 1.43 bits per heavy atom. The fraction of sp³-hybridized carbons (Fsp3) is 0.545. The second kappa shape index (κ2) is 5.98. The van der Waals surface area contributed by atoms with Crippen molar-refractivity contribution in [2.45, 2.75) is 13.0 Å². The van der Waals surface area contributed by atoms with Gasteiger partial charge in [-0.1, -0.05) is 0 Å². The summed E-state index contributed by atoms with van der Waals surface area (Å²) in [5.41, 5.74) is -0.0554. The molecule has 1 unspecified atom stereocenters. The van der Waals surface area contributed by atoms with Gasteiger partial charge < -0.3 is 15.3 Å². The zero-order chi connectivity index (χ0) is 15.6. The SMILES string of the molecule is CC(NC(=O)N1CCS(=O)(=O)CC1)c1nc(C(=O)O)cs1. The molecular formula is C11H15N3O5S2. The highest BCUT2D eigenvalue weighted by Gasteiger charge is 2.26. The summed E-state index contributed by atoms with van der Waals surface area (Å²) >= 11 is 1.15. The van der Waals surface area contributed by atoms with Gasteiger partial charge in [0, 0.05) is 18.5 Å². The number of aromatic nitrogens is 1. The number of amides is 2. The first-order chi connectivity index (χ1) is 9.78. The lowest BCUT2D eigenvalue weighted by Gasteiger charge is -2.28. The molecule has 21 heavy (non-hydrogen) atoms. The monoisotopic (exact) mass is 333 g/mol. The molecule has 116 valence electrons. The van der Waals surface area contributed by atoms with Crippen molar-refractivity contribution in [2.24, 2.45) is 0 Å². The van der Waals surface area contributed by atoms with Crippen LogP contribution in [0.1, 0.15) is 28.5 Å². The lowest BCUT2D eigenvalue weighted by Crippen LogP contribution is -2.48. The minimum Gasteiger partial charge on any atom is -0.476 e. The van der Waals surface area contributed by atoms with Crippen LogP contribution in [0.4, 0.5) is 4.79 Å². The van der Waals surface area contributed by atoms with Gasteiger partial charge in [0.25, 0.3) is 0 Å². The van der Waals surface area contributed by atoms with E-state index in [1.165, 1.54) is 10.3 Å². The van der Waals surface area contributed by atoms with Gasteiger partial charge in [-0.2, -0.15) is 0 Å². The molecule has 1 fully saturated rings. The molecule has 0 bridgehead atoms. The fourth-order valence-corrected chi connectivity index (χ4v) is 3.84. The van der Waals surface area contributed by atoms with E-state index in [0.29, 0.717) is 5.01 Å². The van der Waals surface area contributed by atoms with Crippen molar-refractivity contribution < 1.29 is 23.1 Å². The van der Waals surface area contributed by atoms with Gasteiger partial charge >= 0.3 is 12.0 Å². The smallest absolute Gasteiger partial charge is 0.355 e. The zero-order valence-corrected chi connectivity index (χ0v) is 12.9. The quantitative estimate of drug-likeness (QED) is 0.824. The number of nitrogens with one attached hydrogen (secondary N) is 1. The Labute approximate surface area is 125 Å². The Bertz CT molecular complexity index is 641. The number of hydrogen-bond donors (Lipinski definition) is 2. The number of carbonyl (C=O) groups excluding carboxylic acids is 1. The van der Waals surface area contributed by atoms with Crippen LogP contribution in [0.2, 0.25) is 0 Å². The first kappa shape index (κ1) is 15.7. The first-order valence-electron chi connectivity index (χ1n) is 6.23. The highest BCUT2D eigenvalue weighted by Crippen LogP contribution is 2.18. The highest BCUT2D eigenvalue weighted by molar-refractivity contribution is 7.91. The minimum atomic E-state index is -3.03. The molecule has 1 atom stereocenters. The number of rotatable bonds is 3. The maximum atomic E-state index is 12.0. The molecule has 2 amide bonds. The van der Waals surface area contributed by atoms with Crippen LogP contribution < -0.4 is 5.32 Å². The number of thiazole rings is 1. The van der Waals surface area contributed by atoms with E-state index in [9.17, 15) is 18.0 Å². The lowest BCUT2D eigenvalue weighted by atomic mass is 10.3. The number of carbonyl (C=O) groups is 2. The predicted molar refractivity (Wildman–Crippen MR) is 76.2 cm³/mol. The number of nitrogens with zero attached hydrogens (tertiary/aromatic N) is 2. The van der Waals surface area contributed by atoms with Crippen molar-refractivity contribution in [1.82, 2.24) is 15.2 Å². The normalized spacial score (nSPS) is 19.0. The summed E-state index contributed by atoms with van der Waals surface area (Å²) < 4.78 is 22.6. The van der Waals surface area contributed by atoms with E-state index in [4.69, 9.17) is 5.11 Å². The fourth-order valence-electron chi connectivity index (χ4n) is 1.84. The van der Waals surface area contributed by atoms with Gasteiger partial charge in [-0.3, -0.25) is 0 Å². The average Bonchev–Trinajstić information content (AvgIpc) is 2.88. The molecule has 0 spiro atoms. The molecule has 1 aromatic rings. The molecule has 1 aliphatic heterocycles. The van der Waals surface area contributed by atoms with E-state index < -0.39 is 21.8 Å². The van der Waals surface area contributed by atoms with E-state index in [-0.39, 0.29) is 36.3 Å². The van der Waals surface area contributed by atoms with Crippen LogP contribution in [0.25, 0.3) is 0 Å². The molecule has 0 aliphatic carbocycles. The summed E-state index contributed by atoms with van der Waals surface area (Å²) in [6.07, 6.45) is 0. The number of aromatic carboxylic acids is 1. The molecule has 0 saturated carbocycles. The summed E-state index contributed by atoms with van der Waals surface area (Å²) in [5.74, 6) is -1.18. The molecule has 10 heteroatoms. The summed E-state index contributed by atoms with van der Waals surface area (Å²) in [6, 6.07) is -0.807. The summed E-state index contributed by atoms with van der Waals surface area (Å²) in [7, 11) is -3.03. The van der Waals surface area contributed by atoms with E-state index in [2.05, 4.69) is 10.3 Å². The number of hydrogen-bond acceptors (Lipinski definition) is 6. The maximum Gasteiger partial charge on any atom is 0.355 e. The van der Waals surface area contributed by atoms with Crippen molar-refractivity contribution >= 4 is 33.2 Å². The van der Waals surface area contributed by atoms with Gasteiger partial charge in [0.2, 0.25) is 0 Å². The van der Waals surface area contributed by atoms with Crippen LogP contribution in [0, 0.1) is 0 Å². The third-order valence-electron chi connectivity index (χ3n) is 3.08. The Kier molecular flexibility index (Phi) is 4.47. The van der Waals surface area contributed by atoms with Gasteiger partial charge in [0.1, 0.15) is 5.01 Å². The largest absolute Gasteiger partial charge is 0.476 e. The summed E-state index contributed by atoms with van der Waals surface area (Å²) in [4.78, 5) is 28.1. The number of carboxylic acid groups (broad SMARTS) is 1. The van der Waals surface area contributed by atoms with Crippen LogP contribution >= 0.6 is 11.3 Å². The highest BCUT2D eigenvalue weighted by atomic mass is 32.2. The first-order valence-corrected chi connectivity index (χ1v) is 8.93. The van der Waals surface area contributed by atoms with Crippen molar-refractivity contribution in [3.8, 4) is 0 Å². The third-order valence-corrected chi connectivity index (χ3v) is 5.72.